The maximum Gasteiger partial charge on any atom is 0.271 e. The van der Waals surface area contributed by atoms with Crippen molar-refractivity contribution in [2.75, 3.05) is 11.9 Å². The Balaban J connectivity index is 1.91. The Morgan fingerprint density at radius 3 is 2.80 bits per heavy atom. The van der Waals surface area contributed by atoms with Crippen LogP contribution in [0.25, 0.3) is 0 Å². The van der Waals surface area contributed by atoms with Gasteiger partial charge in [0.2, 0.25) is 0 Å². The summed E-state index contributed by atoms with van der Waals surface area (Å²) in [7, 11) is 0. The van der Waals surface area contributed by atoms with Crippen LogP contribution in [0.15, 0.2) is 34.9 Å². The molecule has 1 amide bonds. The third-order valence-electron chi connectivity index (χ3n) is 2.72. The molecule has 20 heavy (non-hydrogen) atoms. The number of carbonyl (C=O) groups is 1. The molecular weight excluding hydrogens is 256 g/mol. The van der Waals surface area contributed by atoms with Crippen molar-refractivity contribution in [3.63, 3.8) is 0 Å². The first kappa shape index (κ1) is 14.0. The molecule has 0 saturated carbocycles. The Morgan fingerprint density at radius 2 is 2.20 bits per heavy atom. The molecule has 0 fully saturated rings. The summed E-state index contributed by atoms with van der Waals surface area (Å²) in [4.78, 5) is 11.5. The summed E-state index contributed by atoms with van der Waals surface area (Å²) in [6, 6.07) is 7.35. The largest absolute Gasteiger partial charge is 0.469 e. The van der Waals surface area contributed by atoms with E-state index in [9.17, 15) is 4.79 Å². The molecule has 0 bridgehead atoms. The summed E-state index contributed by atoms with van der Waals surface area (Å²) < 4.78 is 5.29. The molecular formula is C14H18N4O2. The SMILES string of the molecule is CCNC(=O)c1ccc(NC(C)Cc2ccco2)nn1. The number of rotatable bonds is 6. The predicted octanol–water partition coefficient (Wildman–Crippen LogP) is 1.86. The molecule has 0 aliphatic carbocycles. The first-order valence-electron chi connectivity index (χ1n) is 6.60. The lowest BCUT2D eigenvalue weighted by molar-refractivity contribution is 0.0950. The molecule has 2 aromatic rings. The van der Waals surface area contributed by atoms with Gasteiger partial charge in [-0.05, 0) is 38.1 Å². The molecule has 0 aliphatic heterocycles. The van der Waals surface area contributed by atoms with Crippen LogP contribution in [0.2, 0.25) is 0 Å². The number of carbonyl (C=O) groups excluding carboxylic acids is 1. The fourth-order valence-electron chi connectivity index (χ4n) is 1.82. The molecule has 0 radical (unpaired) electrons. The molecule has 2 heterocycles. The molecule has 0 aromatic carbocycles. The Kier molecular flexibility index (Phi) is 4.70. The van der Waals surface area contributed by atoms with Crippen molar-refractivity contribution >= 4 is 11.7 Å². The number of hydrogen-bond acceptors (Lipinski definition) is 5. The number of hydrogen-bond donors (Lipinski definition) is 2. The van der Waals surface area contributed by atoms with Crippen molar-refractivity contribution in [1.82, 2.24) is 15.5 Å². The lowest BCUT2D eigenvalue weighted by Gasteiger charge is -2.12. The van der Waals surface area contributed by atoms with Gasteiger partial charge in [-0.1, -0.05) is 0 Å². The molecule has 2 N–H and O–H groups in total. The van der Waals surface area contributed by atoms with E-state index < -0.39 is 0 Å². The van der Waals surface area contributed by atoms with Gasteiger partial charge in [0, 0.05) is 19.0 Å². The van der Waals surface area contributed by atoms with E-state index in [0.717, 1.165) is 12.2 Å². The van der Waals surface area contributed by atoms with Crippen LogP contribution in [0.3, 0.4) is 0 Å². The van der Waals surface area contributed by atoms with Gasteiger partial charge in [-0.25, -0.2) is 0 Å². The fourth-order valence-corrected chi connectivity index (χ4v) is 1.82. The molecule has 6 nitrogen and oxygen atoms in total. The highest BCUT2D eigenvalue weighted by atomic mass is 16.3. The normalized spacial score (nSPS) is 11.9. The van der Waals surface area contributed by atoms with Crippen molar-refractivity contribution in [3.8, 4) is 0 Å². The zero-order valence-corrected chi connectivity index (χ0v) is 11.6. The quantitative estimate of drug-likeness (QED) is 0.840. The van der Waals surface area contributed by atoms with Crippen LogP contribution in [-0.2, 0) is 6.42 Å². The first-order chi connectivity index (χ1) is 9.69. The summed E-state index contributed by atoms with van der Waals surface area (Å²) in [6.45, 7) is 4.46. The second-order valence-corrected chi connectivity index (χ2v) is 4.49. The van der Waals surface area contributed by atoms with E-state index in [2.05, 4.69) is 20.8 Å². The Morgan fingerprint density at radius 1 is 1.35 bits per heavy atom. The number of anilines is 1. The van der Waals surface area contributed by atoms with Gasteiger partial charge in [-0.15, -0.1) is 10.2 Å². The molecule has 1 atom stereocenters. The molecule has 0 saturated heterocycles. The van der Waals surface area contributed by atoms with Gasteiger partial charge in [0.25, 0.3) is 5.91 Å². The van der Waals surface area contributed by atoms with Crippen LogP contribution in [0.1, 0.15) is 30.1 Å². The van der Waals surface area contributed by atoms with Crippen molar-refractivity contribution in [3.05, 3.63) is 42.0 Å². The van der Waals surface area contributed by atoms with Crippen molar-refractivity contribution in [2.24, 2.45) is 0 Å². The summed E-state index contributed by atoms with van der Waals surface area (Å²) in [5, 5.41) is 13.8. The molecule has 2 rings (SSSR count). The minimum absolute atomic E-state index is 0.158. The third-order valence-corrected chi connectivity index (χ3v) is 2.72. The zero-order chi connectivity index (χ0) is 14.4. The van der Waals surface area contributed by atoms with E-state index in [4.69, 9.17) is 4.42 Å². The van der Waals surface area contributed by atoms with Crippen LogP contribution >= 0.6 is 0 Å². The van der Waals surface area contributed by atoms with Gasteiger partial charge in [-0.2, -0.15) is 0 Å². The zero-order valence-electron chi connectivity index (χ0n) is 11.6. The highest BCUT2D eigenvalue weighted by molar-refractivity contribution is 5.92. The topological polar surface area (TPSA) is 80.0 Å². The summed E-state index contributed by atoms with van der Waals surface area (Å²) in [6.07, 6.45) is 2.41. The molecule has 1 unspecified atom stereocenters. The molecule has 2 aromatic heterocycles. The van der Waals surface area contributed by atoms with Crippen LogP contribution in [0.4, 0.5) is 5.82 Å². The number of furan rings is 1. The van der Waals surface area contributed by atoms with Gasteiger partial charge in [-0.3, -0.25) is 4.79 Å². The average Bonchev–Trinajstić information content (AvgIpc) is 2.92. The lowest BCUT2D eigenvalue weighted by Crippen LogP contribution is -2.24. The number of aromatic nitrogens is 2. The Hall–Kier alpha value is -2.37. The maximum atomic E-state index is 11.5. The monoisotopic (exact) mass is 274 g/mol. The van der Waals surface area contributed by atoms with Gasteiger partial charge < -0.3 is 15.1 Å². The highest BCUT2D eigenvalue weighted by Gasteiger charge is 2.09. The molecule has 106 valence electrons. The summed E-state index contributed by atoms with van der Waals surface area (Å²) in [5.74, 6) is 1.34. The van der Waals surface area contributed by atoms with E-state index >= 15 is 0 Å². The number of nitrogens with zero attached hydrogens (tertiary/aromatic N) is 2. The van der Waals surface area contributed by atoms with Crippen LogP contribution in [0, 0.1) is 0 Å². The predicted molar refractivity (Wildman–Crippen MR) is 75.5 cm³/mol. The van der Waals surface area contributed by atoms with Crippen LogP contribution in [-0.4, -0.2) is 28.7 Å². The number of nitrogens with one attached hydrogen (secondary N) is 2. The van der Waals surface area contributed by atoms with E-state index in [0.29, 0.717) is 18.1 Å². The fraction of sp³-hybridized carbons (Fsp3) is 0.357. The van der Waals surface area contributed by atoms with Crippen molar-refractivity contribution in [1.29, 1.82) is 0 Å². The lowest BCUT2D eigenvalue weighted by atomic mass is 10.2. The Bertz CT molecular complexity index is 537. The van der Waals surface area contributed by atoms with Gasteiger partial charge >= 0.3 is 0 Å². The summed E-state index contributed by atoms with van der Waals surface area (Å²) >= 11 is 0. The molecule has 6 heteroatoms. The second-order valence-electron chi connectivity index (χ2n) is 4.49. The van der Waals surface area contributed by atoms with E-state index in [-0.39, 0.29) is 11.9 Å². The third kappa shape index (κ3) is 3.81. The van der Waals surface area contributed by atoms with E-state index in [1.54, 1.807) is 18.4 Å². The average molecular weight is 274 g/mol. The van der Waals surface area contributed by atoms with E-state index in [1.807, 2.05) is 26.0 Å². The molecule has 0 aliphatic rings. The minimum Gasteiger partial charge on any atom is -0.469 e. The smallest absolute Gasteiger partial charge is 0.271 e. The molecule has 0 spiro atoms. The van der Waals surface area contributed by atoms with Gasteiger partial charge in [0.1, 0.15) is 11.6 Å². The van der Waals surface area contributed by atoms with Gasteiger partial charge in [0.05, 0.1) is 6.26 Å². The Labute approximate surface area is 117 Å². The minimum atomic E-state index is -0.213. The number of amides is 1. The maximum absolute atomic E-state index is 11.5. The van der Waals surface area contributed by atoms with Gasteiger partial charge in [0.15, 0.2) is 5.69 Å². The second kappa shape index (κ2) is 6.70. The van der Waals surface area contributed by atoms with E-state index in [1.165, 1.54) is 0 Å². The van der Waals surface area contributed by atoms with Crippen LogP contribution in [0.5, 0.6) is 0 Å². The highest BCUT2D eigenvalue weighted by Crippen LogP contribution is 2.09. The van der Waals surface area contributed by atoms with Crippen molar-refractivity contribution in [2.45, 2.75) is 26.3 Å². The van der Waals surface area contributed by atoms with Crippen LogP contribution < -0.4 is 10.6 Å². The first-order valence-corrected chi connectivity index (χ1v) is 6.60. The summed E-state index contributed by atoms with van der Waals surface area (Å²) in [5.41, 5.74) is 0.316. The van der Waals surface area contributed by atoms with Crippen molar-refractivity contribution < 1.29 is 9.21 Å². The standard InChI is InChI=1S/C14H18N4O2/c1-3-15-14(19)12-6-7-13(18-17-12)16-10(2)9-11-5-4-8-20-11/h4-8,10H,3,9H2,1-2H3,(H,15,19)(H,16,18).